The van der Waals surface area contributed by atoms with Gasteiger partial charge in [-0.2, -0.15) is 0 Å². The molecule has 0 heterocycles. The van der Waals surface area contributed by atoms with E-state index in [0.717, 1.165) is 18.9 Å². The van der Waals surface area contributed by atoms with E-state index in [1.54, 1.807) is 0 Å². The number of nitrogens with one attached hydrogen (secondary N) is 1. The maximum atomic E-state index is 11.9. The van der Waals surface area contributed by atoms with Crippen molar-refractivity contribution >= 4 is 11.9 Å². The molecule has 0 bridgehead atoms. The van der Waals surface area contributed by atoms with Crippen molar-refractivity contribution < 1.29 is 29.3 Å². The van der Waals surface area contributed by atoms with Crippen molar-refractivity contribution in [2.75, 3.05) is 20.3 Å². The summed E-state index contributed by atoms with van der Waals surface area (Å²) >= 11 is 0. The van der Waals surface area contributed by atoms with Crippen LogP contribution in [0.15, 0.2) is 12.1 Å². The Kier molecular flexibility index (Phi) is 12.3. The van der Waals surface area contributed by atoms with E-state index >= 15 is 0 Å². The van der Waals surface area contributed by atoms with Gasteiger partial charge < -0.3 is 25.0 Å². The Morgan fingerprint density at radius 1 is 0.931 bits per heavy atom. The number of esters is 1. The van der Waals surface area contributed by atoms with Gasteiger partial charge in [0, 0.05) is 6.54 Å². The van der Waals surface area contributed by atoms with E-state index in [1.165, 1.54) is 64.5 Å². The first-order valence-corrected chi connectivity index (χ1v) is 10.5. The molecule has 0 unspecified atom stereocenters. The molecular weight excluding hydrogens is 374 g/mol. The Morgan fingerprint density at radius 3 is 2.10 bits per heavy atom. The van der Waals surface area contributed by atoms with E-state index < -0.39 is 17.5 Å². The lowest BCUT2D eigenvalue weighted by Crippen LogP contribution is -2.29. The Hall–Kier alpha value is -2.44. The molecule has 0 radical (unpaired) electrons. The summed E-state index contributed by atoms with van der Waals surface area (Å²) in [6.45, 7) is 2.47. The lowest BCUT2D eigenvalue weighted by molar-refractivity contribution is -0.123. The molecule has 0 aliphatic carbocycles. The smallest absolute Gasteiger partial charge is 0.338 e. The van der Waals surface area contributed by atoms with Crippen molar-refractivity contribution in [1.82, 2.24) is 5.32 Å². The summed E-state index contributed by atoms with van der Waals surface area (Å²) in [5.74, 6) is -2.22. The molecule has 1 aromatic carbocycles. The first-order valence-electron chi connectivity index (χ1n) is 10.5. The molecular formula is C22H35NO6. The number of carbonyl (C=O) groups excluding carboxylic acids is 2. The van der Waals surface area contributed by atoms with E-state index in [4.69, 9.17) is 4.74 Å². The third kappa shape index (κ3) is 10.1. The second-order valence-electron chi connectivity index (χ2n) is 7.15. The number of hydrogen-bond acceptors (Lipinski definition) is 6. The first kappa shape index (κ1) is 24.6. The Bertz CT molecular complexity index is 632. The molecule has 7 nitrogen and oxygen atoms in total. The summed E-state index contributed by atoms with van der Waals surface area (Å²) in [6.07, 6.45) is 12.3. The molecule has 0 aliphatic heterocycles. The molecule has 29 heavy (non-hydrogen) atoms. The summed E-state index contributed by atoms with van der Waals surface area (Å²) in [7, 11) is 1.20. The van der Waals surface area contributed by atoms with Crippen LogP contribution < -0.4 is 10.1 Å². The quantitative estimate of drug-likeness (QED) is 0.227. The highest BCUT2D eigenvalue weighted by atomic mass is 16.5. The summed E-state index contributed by atoms with van der Waals surface area (Å²) in [4.78, 5) is 23.4. The second-order valence-corrected chi connectivity index (χ2v) is 7.15. The summed E-state index contributed by atoms with van der Waals surface area (Å²) < 4.78 is 9.80. The SMILES string of the molecule is CCCCCCCCCCCCNC(=O)COc1cc(C(=O)OC)cc(O)c1O. The fraction of sp³-hybridized carbons (Fsp3) is 0.636. The van der Waals surface area contributed by atoms with Crippen LogP contribution in [-0.4, -0.2) is 42.4 Å². The normalized spacial score (nSPS) is 10.6. The predicted octanol–water partition coefficient (Wildman–Crippen LogP) is 4.30. The van der Waals surface area contributed by atoms with E-state index in [-0.39, 0.29) is 23.8 Å². The molecule has 0 fully saturated rings. The highest BCUT2D eigenvalue weighted by molar-refractivity contribution is 5.91. The van der Waals surface area contributed by atoms with E-state index in [0.29, 0.717) is 6.54 Å². The zero-order valence-electron chi connectivity index (χ0n) is 17.7. The molecule has 7 heteroatoms. The molecule has 1 aromatic rings. The van der Waals surface area contributed by atoms with Crippen LogP contribution in [0.2, 0.25) is 0 Å². The zero-order chi connectivity index (χ0) is 21.5. The van der Waals surface area contributed by atoms with Gasteiger partial charge in [0.05, 0.1) is 12.7 Å². The van der Waals surface area contributed by atoms with E-state index in [9.17, 15) is 19.8 Å². The average molecular weight is 410 g/mol. The van der Waals surface area contributed by atoms with Crippen LogP contribution in [0.1, 0.15) is 81.5 Å². The predicted molar refractivity (Wildman–Crippen MR) is 111 cm³/mol. The lowest BCUT2D eigenvalue weighted by Gasteiger charge is -2.11. The van der Waals surface area contributed by atoms with E-state index in [1.807, 2.05) is 0 Å². The lowest BCUT2D eigenvalue weighted by atomic mass is 10.1. The van der Waals surface area contributed by atoms with Gasteiger partial charge in [-0.3, -0.25) is 4.79 Å². The summed E-state index contributed by atoms with van der Waals surface area (Å²) in [6, 6.07) is 2.29. The van der Waals surface area contributed by atoms with Gasteiger partial charge in [-0.05, 0) is 18.6 Å². The molecule has 0 saturated carbocycles. The number of carbonyl (C=O) groups is 2. The van der Waals surface area contributed by atoms with Crippen LogP contribution in [0.4, 0.5) is 0 Å². The highest BCUT2D eigenvalue weighted by Crippen LogP contribution is 2.36. The number of phenolic OH excluding ortho intramolecular Hbond substituents is 2. The highest BCUT2D eigenvalue weighted by Gasteiger charge is 2.16. The third-order valence-electron chi connectivity index (χ3n) is 4.69. The number of rotatable bonds is 15. The third-order valence-corrected chi connectivity index (χ3v) is 4.69. The van der Waals surface area contributed by atoms with Gasteiger partial charge in [0.25, 0.3) is 5.91 Å². The topological polar surface area (TPSA) is 105 Å². The largest absolute Gasteiger partial charge is 0.504 e. The van der Waals surface area contributed by atoms with Gasteiger partial charge in [0.1, 0.15) is 0 Å². The van der Waals surface area contributed by atoms with Crippen LogP contribution in [-0.2, 0) is 9.53 Å². The number of benzene rings is 1. The van der Waals surface area contributed by atoms with Gasteiger partial charge in [-0.1, -0.05) is 64.7 Å². The number of methoxy groups -OCH3 is 1. The fourth-order valence-corrected chi connectivity index (χ4v) is 2.97. The zero-order valence-corrected chi connectivity index (χ0v) is 17.7. The average Bonchev–Trinajstić information content (AvgIpc) is 2.72. The van der Waals surface area contributed by atoms with Crippen molar-refractivity contribution in [3.05, 3.63) is 17.7 Å². The summed E-state index contributed by atoms with van der Waals surface area (Å²) in [5, 5.41) is 22.2. The number of ether oxygens (including phenoxy) is 2. The van der Waals surface area contributed by atoms with Gasteiger partial charge in [0.15, 0.2) is 18.1 Å². The summed E-state index contributed by atoms with van der Waals surface area (Å²) in [5.41, 5.74) is 0.0172. The van der Waals surface area contributed by atoms with Crippen molar-refractivity contribution in [2.45, 2.75) is 71.1 Å². The minimum Gasteiger partial charge on any atom is -0.504 e. The maximum Gasteiger partial charge on any atom is 0.338 e. The number of phenols is 2. The monoisotopic (exact) mass is 409 g/mol. The molecule has 0 aromatic heterocycles. The van der Waals surface area contributed by atoms with Gasteiger partial charge in [-0.15, -0.1) is 0 Å². The molecule has 3 N–H and O–H groups in total. The number of hydrogen-bond donors (Lipinski definition) is 3. The Labute approximate surface area is 173 Å². The molecule has 164 valence electrons. The minimum atomic E-state index is -0.685. The second kappa shape index (κ2) is 14.5. The molecule has 1 rings (SSSR count). The molecule has 0 aliphatic rings. The fourth-order valence-electron chi connectivity index (χ4n) is 2.97. The van der Waals surface area contributed by atoms with Crippen LogP contribution in [0.3, 0.4) is 0 Å². The van der Waals surface area contributed by atoms with Crippen molar-refractivity contribution in [1.29, 1.82) is 0 Å². The molecule has 0 spiro atoms. The van der Waals surface area contributed by atoms with Crippen LogP contribution in [0.5, 0.6) is 17.2 Å². The number of amides is 1. The van der Waals surface area contributed by atoms with Crippen molar-refractivity contribution in [3.63, 3.8) is 0 Å². The van der Waals surface area contributed by atoms with Gasteiger partial charge in [0.2, 0.25) is 5.75 Å². The molecule has 0 atom stereocenters. The standard InChI is InChI=1S/C22H35NO6/c1-3-4-5-6-7-8-9-10-11-12-13-23-20(25)16-29-19-15-17(22(27)28-2)14-18(24)21(19)26/h14-15,24,26H,3-13,16H2,1-2H3,(H,23,25). The molecule has 1 amide bonds. The number of unbranched alkanes of at least 4 members (excludes halogenated alkanes) is 9. The minimum absolute atomic E-state index is 0.0172. The first-order chi connectivity index (χ1) is 14.0. The Balaban J connectivity index is 2.18. The van der Waals surface area contributed by atoms with Crippen LogP contribution in [0.25, 0.3) is 0 Å². The number of aromatic hydroxyl groups is 2. The van der Waals surface area contributed by atoms with Crippen LogP contribution in [0, 0.1) is 0 Å². The maximum absolute atomic E-state index is 11.9. The van der Waals surface area contributed by atoms with Gasteiger partial charge in [-0.25, -0.2) is 4.79 Å². The van der Waals surface area contributed by atoms with E-state index in [2.05, 4.69) is 17.0 Å². The molecule has 0 saturated heterocycles. The Morgan fingerprint density at radius 2 is 1.52 bits per heavy atom. The van der Waals surface area contributed by atoms with Gasteiger partial charge >= 0.3 is 5.97 Å². The van der Waals surface area contributed by atoms with Crippen molar-refractivity contribution in [2.24, 2.45) is 0 Å². The van der Waals surface area contributed by atoms with Crippen molar-refractivity contribution in [3.8, 4) is 17.2 Å². The van der Waals surface area contributed by atoms with Crippen LogP contribution >= 0.6 is 0 Å².